The highest BCUT2D eigenvalue weighted by Gasteiger charge is 2.42. The van der Waals surface area contributed by atoms with Crippen molar-refractivity contribution in [3.8, 4) is 0 Å². The molecule has 0 amide bonds. The van der Waals surface area contributed by atoms with E-state index in [1.54, 1.807) is 24.0 Å². The maximum absolute atomic E-state index is 10.2. The Labute approximate surface area is 109 Å². The minimum absolute atomic E-state index is 0.116. The fourth-order valence-electron chi connectivity index (χ4n) is 2.40. The number of imidazole rings is 1. The minimum atomic E-state index is -0.704. The lowest BCUT2D eigenvalue weighted by molar-refractivity contribution is -0.0491. The van der Waals surface area contributed by atoms with E-state index >= 15 is 0 Å². The fourth-order valence-corrected chi connectivity index (χ4v) is 2.40. The zero-order chi connectivity index (χ0) is 13.6. The molecule has 102 valence electrons. The number of aliphatic hydroxyl groups excluding tert-OH is 2. The van der Waals surface area contributed by atoms with Gasteiger partial charge in [0.05, 0.1) is 25.2 Å². The monoisotopic (exact) mass is 264 g/mol. The summed E-state index contributed by atoms with van der Waals surface area (Å²) in [7, 11) is 0. The zero-order valence-corrected chi connectivity index (χ0v) is 10.8. The average Bonchev–Trinajstić information content (AvgIpc) is 2.92. The van der Waals surface area contributed by atoms with E-state index in [4.69, 9.17) is 4.74 Å². The molecule has 1 saturated heterocycles. The molecule has 7 heteroatoms. The summed E-state index contributed by atoms with van der Waals surface area (Å²) in [4.78, 5) is 12.6. The van der Waals surface area contributed by atoms with Crippen LogP contribution < -0.4 is 0 Å². The molecule has 3 heterocycles. The standard InChI is InChI=1S/C12H16N4O3/c1-6-9(4-17)19-12(10(6)18)16-5-14-8-3-13-7(2)15-11(8)16/h3,5-6,9-10,12,17-18H,4H2,1-2H3/t6-,9+,10?,12+/m0/s1. The molecule has 3 rings (SSSR count). The summed E-state index contributed by atoms with van der Waals surface area (Å²) in [5.41, 5.74) is 1.28. The molecule has 2 aromatic heterocycles. The van der Waals surface area contributed by atoms with Crippen LogP contribution in [-0.4, -0.2) is 48.5 Å². The Morgan fingerprint density at radius 2 is 2.21 bits per heavy atom. The molecular formula is C12H16N4O3. The van der Waals surface area contributed by atoms with Crippen molar-refractivity contribution in [2.75, 3.05) is 6.61 Å². The van der Waals surface area contributed by atoms with Gasteiger partial charge in [-0.1, -0.05) is 6.92 Å². The van der Waals surface area contributed by atoms with E-state index in [0.717, 1.165) is 0 Å². The quantitative estimate of drug-likeness (QED) is 0.794. The summed E-state index contributed by atoms with van der Waals surface area (Å²) in [5.74, 6) is 0.490. The first-order chi connectivity index (χ1) is 9.11. The second kappa shape index (κ2) is 4.52. The highest BCUT2D eigenvalue weighted by molar-refractivity contribution is 5.69. The van der Waals surface area contributed by atoms with Gasteiger partial charge in [0, 0.05) is 5.92 Å². The van der Waals surface area contributed by atoms with Crippen LogP contribution in [0.3, 0.4) is 0 Å². The summed E-state index contributed by atoms with van der Waals surface area (Å²) in [6, 6.07) is 0. The van der Waals surface area contributed by atoms with Gasteiger partial charge >= 0.3 is 0 Å². The maximum Gasteiger partial charge on any atom is 0.165 e. The van der Waals surface area contributed by atoms with E-state index < -0.39 is 12.3 Å². The van der Waals surface area contributed by atoms with Gasteiger partial charge in [-0.2, -0.15) is 0 Å². The van der Waals surface area contributed by atoms with Gasteiger partial charge in [0.1, 0.15) is 17.4 Å². The lowest BCUT2D eigenvalue weighted by Gasteiger charge is -2.16. The van der Waals surface area contributed by atoms with Gasteiger partial charge in [-0.25, -0.2) is 15.0 Å². The van der Waals surface area contributed by atoms with Crippen molar-refractivity contribution in [2.24, 2.45) is 5.92 Å². The number of aromatic nitrogens is 4. The lowest BCUT2D eigenvalue weighted by Crippen LogP contribution is -2.25. The number of hydrogen-bond acceptors (Lipinski definition) is 6. The molecule has 4 atom stereocenters. The predicted molar refractivity (Wildman–Crippen MR) is 66.2 cm³/mol. The summed E-state index contributed by atoms with van der Waals surface area (Å²) in [5, 5.41) is 19.5. The summed E-state index contributed by atoms with van der Waals surface area (Å²) in [6.45, 7) is 3.53. The molecule has 0 saturated carbocycles. The third-order valence-corrected chi connectivity index (χ3v) is 3.62. The molecule has 0 radical (unpaired) electrons. The normalized spacial score (nSPS) is 31.2. The number of aryl methyl sites for hydroxylation is 1. The van der Waals surface area contributed by atoms with Crippen LogP contribution in [0.15, 0.2) is 12.5 Å². The predicted octanol–water partition coefficient (Wildman–Crippen LogP) is 0.0214. The molecule has 19 heavy (non-hydrogen) atoms. The van der Waals surface area contributed by atoms with Crippen molar-refractivity contribution in [3.05, 3.63) is 18.3 Å². The second-order valence-electron chi connectivity index (χ2n) is 4.88. The van der Waals surface area contributed by atoms with Crippen LogP contribution in [0.25, 0.3) is 11.2 Å². The van der Waals surface area contributed by atoms with E-state index in [9.17, 15) is 10.2 Å². The fraction of sp³-hybridized carbons (Fsp3) is 0.583. The number of hydrogen-bond donors (Lipinski definition) is 2. The average molecular weight is 264 g/mol. The molecule has 1 aliphatic heterocycles. The van der Waals surface area contributed by atoms with Crippen molar-refractivity contribution in [1.29, 1.82) is 0 Å². The molecule has 0 aromatic carbocycles. The SMILES string of the molecule is Cc1ncc2ncn([C@@H]3O[C@H](CO)[C@H](C)C3O)c2n1. The van der Waals surface area contributed by atoms with E-state index in [1.165, 1.54) is 0 Å². The van der Waals surface area contributed by atoms with Crippen molar-refractivity contribution in [2.45, 2.75) is 32.3 Å². The Morgan fingerprint density at radius 3 is 2.89 bits per heavy atom. The number of nitrogens with zero attached hydrogens (tertiary/aromatic N) is 4. The van der Waals surface area contributed by atoms with Crippen LogP contribution in [0.4, 0.5) is 0 Å². The van der Waals surface area contributed by atoms with Crippen molar-refractivity contribution >= 4 is 11.2 Å². The molecule has 0 spiro atoms. The molecule has 0 aliphatic carbocycles. The van der Waals surface area contributed by atoms with Crippen LogP contribution in [0.2, 0.25) is 0 Å². The van der Waals surface area contributed by atoms with E-state index in [0.29, 0.717) is 17.0 Å². The Bertz CT molecular complexity index is 600. The van der Waals surface area contributed by atoms with Gasteiger partial charge in [-0.3, -0.25) is 4.57 Å². The van der Waals surface area contributed by atoms with Gasteiger partial charge in [0.15, 0.2) is 11.9 Å². The lowest BCUT2D eigenvalue weighted by atomic mass is 10.0. The molecule has 0 bridgehead atoms. The molecule has 1 unspecified atom stereocenters. The molecule has 1 aliphatic rings. The summed E-state index contributed by atoms with van der Waals surface area (Å²) < 4.78 is 7.39. The Morgan fingerprint density at radius 1 is 1.42 bits per heavy atom. The third-order valence-electron chi connectivity index (χ3n) is 3.62. The van der Waals surface area contributed by atoms with Crippen molar-refractivity contribution in [3.63, 3.8) is 0 Å². The van der Waals surface area contributed by atoms with Gasteiger partial charge in [0.25, 0.3) is 0 Å². The first-order valence-corrected chi connectivity index (χ1v) is 6.22. The minimum Gasteiger partial charge on any atom is -0.394 e. The Kier molecular flexibility index (Phi) is 2.96. The highest BCUT2D eigenvalue weighted by Crippen LogP contribution is 2.34. The molecule has 2 N–H and O–H groups in total. The number of fused-ring (bicyclic) bond motifs is 1. The van der Waals surface area contributed by atoms with Crippen molar-refractivity contribution in [1.82, 2.24) is 19.5 Å². The first kappa shape index (κ1) is 12.5. The van der Waals surface area contributed by atoms with Gasteiger partial charge in [-0.05, 0) is 6.92 Å². The summed E-state index contributed by atoms with van der Waals surface area (Å²) >= 11 is 0. The molecule has 1 fully saturated rings. The number of aliphatic hydroxyl groups is 2. The third kappa shape index (κ3) is 1.90. The Hall–Kier alpha value is -1.57. The maximum atomic E-state index is 10.2. The summed E-state index contributed by atoms with van der Waals surface area (Å²) in [6.07, 6.45) is 1.57. The van der Waals surface area contributed by atoms with Crippen LogP contribution in [-0.2, 0) is 4.74 Å². The molecular weight excluding hydrogens is 248 g/mol. The van der Waals surface area contributed by atoms with E-state index in [1.807, 2.05) is 6.92 Å². The molecule has 7 nitrogen and oxygen atoms in total. The number of rotatable bonds is 2. The van der Waals surface area contributed by atoms with Gasteiger partial charge in [0.2, 0.25) is 0 Å². The van der Waals surface area contributed by atoms with E-state index in [2.05, 4.69) is 15.0 Å². The second-order valence-corrected chi connectivity index (χ2v) is 4.88. The number of ether oxygens (including phenoxy) is 1. The van der Waals surface area contributed by atoms with Crippen LogP contribution >= 0.6 is 0 Å². The van der Waals surface area contributed by atoms with Crippen molar-refractivity contribution < 1.29 is 14.9 Å². The van der Waals surface area contributed by atoms with Crippen LogP contribution in [0.1, 0.15) is 19.0 Å². The topological polar surface area (TPSA) is 93.3 Å². The van der Waals surface area contributed by atoms with Crippen LogP contribution in [0.5, 0.6) is 0 Å². The zero-order valence-electron chi connectivity index (χ0n) is 10.8. The smallest absolute Gasteiger partial charge is 0.165 e. The van der Waals surface area contributed by atoms with Gasteiger partial charge < -0.3 is 14.9 Å². The molecule has 2 aromatic rings. The van der Waals surface area contributed by atoms with E-state index in [-0.39, 0.29) is 18.6 Å². The largest absolute Gasteiger partial charge is 0.394 e. The van der Waals surface area contributed by atoms with Gasteiger partial charge in [-0.15, -0.1) is 0 Å². The Balaban J connectivity index is 2.03. The first-order valence-electron chi connectivity index (χ1n) is 6.22. The highest BCUT2D eigenvalue weighted by atomic mass is 16.5. The van der Waals surface area contributed by atoms with Crippen LogP contribution in [0, 0.1) is 12.8 Å².